The zero-order valence-electron chi connectivity index (χ0n) is 11.8. The number of hydrogen-bond acceptors (Lipinski definition) is 4. The average Bonchev–Trinajstić information content (AvgIpc) is 2.85. The number of ether oxygens (including phenoxy) is 1. The molecule has 6 heteroatoms. The highest BCUT2D eigenvalue weighted by Crippen LogP contribution is 2.07. The minimum absolute atomic E-state index is 0.0618. The quantitative estimate of drug-likeness (QED) is 0.862. The average molecular weight is 266 g/mol. The minimum atomic E-state index is -0.0618. The Morgan fingerprint density at radius 1 is 1.58 bits per heavy atom. The van der Waals surface area contributed by atoms with E-state index in [0.717, 1.165) is 32.0 Å². The first-order valence-electron chi connectivity index (χ1n) is 6.67. The molecular weight excluding hydrogens is 244 g/mol. The second-order valence-electron chi connectivity index (χ2n) is 5.10. The fourth-order valence-electron chi connectivity index (χ4n) is 2.32. The number of aromatic amines is 1. The van der Waals surface area contributed by atoms with E-state index in [1.54, 1.807) is 11.1 Å². The van der Waals surface area contributed by atoms with Crippen LogP contribution in [0.15, 0.2) is 6.20 Å². The molecule has 0 saturated carbocycles. The van der Waals surface area contributed by atoms with Gasteiger partial charge >= 0.3 is 0 Å². The van der Waals surface area contributed by atoms with E-state index in [4.69, 9.17) is 4.74 Å². The molecule has 1 fully saturated rings. The number of likely N-dealkylation sites (N-methyl/N-ethyl adjacent to an activating group) is 1. The fraction of sp³-hybridized carbons (Fsp3) is 0.692. The first-order chi connectivity index (χ1) is 9.08. The van der Waals surface area contributed by atoms with Crippen molar-refractivity contribution in [2.45, 2.75) is 19.9 Å². The number of hydrogen-bond donors (Lipinski definition) is 1. The van der Waals surface area contributed by atoms with Crippen molar-refractivity contribution >= 4 is 5.91 Å². The van der Waals surface area contributed by atoms with E-state index in [9.17, 15) is 4.79 Å². The molecule has 2 rings (SSSR count). The zero-order valence-corrected chi connectivity index (χ0v) is 11.8. The van der Waals surface area contributed by atoms with E-state index >= 15 is 0 Å². The summed E-state index contributed by atoms with van der Waals surface area (Å²) in [5.74, 6) is 0.349. The molecule has 19 heavy (non-hydrogen) atoms. The van der Waals surface area contributed by atoms with Crippen molar-refractivity contribution in [2.75, 3.05) is 39.9 Å². The molecule has 0 aliphatic carbocycles. The Hall–Kier alpha value is -1.40. The van der Waals surface area contributed by atoms with Gasteiger partial charge in [0.15, 0.2) is 5.82 Å². The van der Waals surface area contributed by atoms with E-state index < -0.39 is 0 Å². The number of H-pyrrole nitrogens is 1. The van der Waals surface area contributed by atoms with Gasteiger partial charge in [0.2, 0.25) is 0 Å². The molecule has 1 atom stereocenters. The number of nitrogens with one attached hydrogen (secondary N) is 1. The van der Waals surface area contributed by atoms with Gasteiger partial charge < -0.3 is 14.6 Å². The van der Waals surface area contributed by atoms with Crippen molar-refractivity contribution in [1.29, 1.82) is 0 Å². The van der Waals surface area contributed by atoms with Crippen LogP contribution in [-0.2, 0) is 4.74 Å². The number of carbonyl (C=O) groups excluding carboxylic acids is 1. The van der Waals surface area contributed by atoms with Crippen molar-refractivity contribution in [3.63, 3.8) is 0 Å². The van der Waals surface area contributed by atoms with Crippen molar-refractivity contribution in [3.8, 4) is 0 Å². The summed E-state index contributed by atoms with van der Waals surface area (Å²) in [7, 11) is 1.82. The summed E-state index contributed by atoms with van der Waals surface area (Å²) >= 11 is 0. The van der Waals surface area contributed by atoms with E-state index in [-0.39, 0.29) is 5.91 Å². The Kier molecular flexibility index (Phi) is 4.55. The molecule has 1 aliphatic rings. The number of amides is 1. The number of aromatic nitrogens is 2. The SMILES string of the molecule is Cc1cnc(C(=O)N(C)C[C@@H](C)N2CCOCC2)[nH]1. The Balaban J connectivity index is 1.89. The van der Waals surface area contributed by atoms with Crippen LogP contribution in [0, 0.1) is 6.92 Å². The predicted molar refractivity (Wildman–Crippen MR) is 72.1 cm³/mol. The third kappa shape index (κ3) is 3.54. The molecule has 1 aromatic heterocycles. The summed E-state index contributed by atoms with van der Waals surface area (Å²) in [5.41, 5.74) is 0.901. The molecule has 0 unspecified atom stereocenters. The highest BCUT2D eigenvalue weighted by atomic mass is 16.5. The second kappa shape index (κ2) is 6.16. The number of morpholine rings is 1. The first-order valence-corrected chi connectivity index (χ1v) is 6.67. The molecule has 106 valence electrons. The van der Waals surface area contributed by atoms with Crippen molar-refractivity contribution in [3.05, 3.63) is 17.7 Å². The maximum absolute atomic E-state index is 12.2. The number of nitrogens with zero attached hydrogens (tertiary/aromatic N) is 3. The molecular formula is C13H22N4O2. The van der Waals surface area contributed by atoms with Gasteiger partial charge in [0.1, 0.15) is 0 Å². The second-order valence-corrected chi connectivity index (χ2v) is 5.10. The topological polar surface area (TPSA) is 61.5 Å². The normalized spacial score (nSPS) is 18.3. The maximum Gasteiger partial charge on any atom is 0.289 e. The lowest BCUT2D eigenvalue weighted by Gasteiger charge is -2.34. The van der Waals surface area contributed by atoms with Crippen molar-refractivity contribution in [1.82, 2.24) is 19.8 Å². The van der Waals surface area contributed by atoms with Crippen molar-refractivity contribution in [2.24, 2.45) is 0 Å². The molecule has 1 N–H and O–H groups in total. The summed E-state index contributed by atoms with van der Waals surface area (Å²) < 4.78 is 5.34. The molecule has 6 nitrogen and oxygen atoms in total. The van der Waals surface area contributed by atoms with Gasteiger partial charge in [-0.1, -0.05) is 0 Å². The molecule has 1 amide bonds. The predicted octanol–water partition coefficient (Wildman–Crippen LogP) is 0.511. The molecule has 2 heterocycles. The molecule has 0 bridgehead atoms. The van der Waals surface area contributed by atoms with Gasteiger partial charge in [-0.15, -0.1) is 0 Å². The highest BCUT2D eigenvalue weighted by Gasteiger charge is 2.21. The Morgan fingerprint density at radius 2 is 2.26 bits per heavy atom. The number of imidazole rings is 1. The van der Waals surface area contributed by atoms with Crippen molar-refractivity contribution < 1.29 is 9.53 Å². The van der Waals surface area contributed by atoms with Gasteiger partial charge in [0.05, 0.1) is 13.2 Å². The third-order valence-corrected chi connectivity index (χ3v) is 3.46. The smallest absolute Gasteiger partial charge is 0.289 e. The maximum atomic E-state index is 12.2. The highest BCUT2D eigenvalue weighted by molar-refractivity contribution is 5.90. The summed E-state index contributed by atoms with van der Waals surface area (Å²) in [6, 6.07) is 0.328. The van der Waals surface area contributed by atoms with Gasteiger partial charge in [-0.2, -0.15) is 0 Å². The standard InChI is InChI=1S/C13H22N4O2/c1-10-8-14-12(15-10)13(18)16(3)9-11(2)17-4-6-19-7-5-17/h8,11H,4-7,9H2,1-3H3,(H,14,15)/t11-/m1/s1. The fourth-order valence-corrected chi connectivity index (χ4v) is 2.32. The van der Waals surface area contributed by atoms with Gasteiger partial charge in [-0.05, 0) is 13.8 Å². The van der Waals surface area contributed by atoms with Crippen LogP contribution in [-0.4, -0.2) is 71.6 Å². The Bertz CT molecular complexity index is 426. The van der Waals surface area contributed by atoms with E-state index in [2.05, 4.69) is 21.8 Å². The molecule has 0 spiro atoms. The van der Waals surface area contributed by atoms with Gasteiger partial charge in [-0.25, -0.2) is 4.98 Å². The van der Waals surface area contributed by atoms with E-state index in [1.165, 1.54) is 0 Å². The lowest BCUT2D eigenvalue weighted by Crippen LogP contribution is -2.47. The number of rotatable bonds is 4. The Labute approximate surface area is 113 Å². The van der Waals surface area contributed by atoms with Crippen LogP contribution in [0.25, 0.3) is 0 Å². The van der Waals surface area contributed by atoms with Crippen LogP contribution in [0.2, 0.25) is 0 Å². The third-order valence-electron chi connectivity index (χ3n) is 3.46. The van der Waals surface area contributed by atoms with Crippen LogP contribution in [0.5, 0.6) is 0 Å². The molecule has 1 saturated heterocycles. The molecule has 1 aliphatic heterocycles. The number of aryl methyl sites for hydroxylation is 1. The summed E-state index contributed by atoms with van der Waals surface area (Å²) in [6.07, 6.45) is 1.67. The van der Waals surface area contributed by atoms with Crippen LogP contribution >= 0.6 is 0 Å². The summed E-state index contributed by atoms with van der Waals surface area (Å²) in [5, 5.41) is 0. The monoisotopic (exact) mass is 266 g/mol. The lowest BCUT2D eigenvalue weighted by molar-refractivity contribution is 0.0141. The van der Waals surface area contributed by atoms with Crippen LogP contribution in [0.4, 0.5) is 0 Å². The van der Waals surface area contributed by atoms with Crippen LogP contribution in [0.3, 0.4) is 0 Å². The van der Waals surface area contributed by atoms with Gasteiger partial charge in [0.25, 0.3) is 5.91 Å². The lowest BCUT2D eigenvalue weighted by atomic mass is 10.2. The first kappa shape index (κ1) is 14.0. The molecule has 1 aromatic rings. The van der Waals surface area contributed by atoms with Gasteiger partial charge in [0, 0.05) is 44.6 Å². The largest absolute Gasteiger partial charge is 0.379 e. The Morgan fingerprint density at radius 3 is 2.84 bits per heavy atom. The zero-order chi connectivity index (χ0) is 13.8. The molecule has 0 radical (unpaired) electrons. The van der Waals surface area contributed by atoms with Crippen LogP contribution in [0.1, 0.15) is 23.2 Å². The van der Waals surface area contributed by atoms with E-state index in [1.807, 2.05) is 14.0 Å². The minimum Gasteiger partial charge on any atom is -0.379 e. The molecule has 0 aromatic carbocycles. The van der Waals surface area contributed by atoms with E-state index in [0.29, 0.717) is 18.4 Å². The number of carbonyl (C=O) groups is 1. The van der Waals surface area contributed by atoms with Crippen LogP contribution < -0.4 is 0 Å². The summed E-state index contributed by atoms with van der Waals surface area (Å²) in [4.78, 5) is 23.3. The summed E-state index contributed by atoms with van der Waals surface area (Å²) in [6.45, 7) is 8.14. The van der Waals surface area contributed by atoms with Gasteiger partial charge in [-0.3, -0.25) is 9.69 Å².